The molecule has 9 nitrogen and oxygen atoms in total. The predicted octanol–water partition coefficient (Wildman–Crippen LogP) is 5.84. The second-order valence-electron chi connectivity index (χ2n) is 12.4. The Labute approximate surface area is 257 Å². The lowest BCUT2D eigenvalue weighted by Gasteiger charge is -2.36. The Morgan fingerprint density at radius 3 is 2.57 bits per heavy atom. The van der Waals surface area contributed by atoms with Gasteiger partial charge < -0.3 is 10.2 Å². The Morgan fingerprint density at radius 1 is 1.09 bits per heavy atom. The van der Waals surface area contributed by atoms with Crippen LogP contribution in [0.1, 0.15) is 66.8 Å². The van der Waals surface area contributed by atoms with E-state index in [0.29, 0.717) is 54.3 Å². The summed E-state index contributed by atoms with van der Waals surface area (Å²) in [6.45, 7) is 6.79. The van der Waals surface area contributed by atoms with Crippen LogP contribution < -0.4 is 15.8 Å². The summed E-state index contributed by atoms with van der Waals surface area (Å²) in [6, 6.07) is 12.1. The standard InChI is InChI=1S/C34H37N5O4S/c1-3-8-23-18-24-20-35-34(37-32(24)39(33(23)40)26-10-5-6-11-26)36-25-13-15-38(16-14-25)30-29-19-22-9-4-7-12-27(22)28(29)17-21(2)31(30)44(41,42)43/h3-4,7,9,12,17-18,20,25-26H,1,5-6,8,10-11,13-16,19H2,2H3,(H,35,36,37)(H,41,42,43). The zero-order valence-electron chi connectivity index (χ0n) is 24.9. The number of aryl methyl sites for hydroxylation is 1. The van der Waals surface area contributed by atoms with Gasteiger partial charge in [-0.25, -0.2) is 4.98 Å². The van der Waals surface area contributed by atoms with Crippen molar-refractivity contribution in [3.63, 3.8) is 0 Å². The van der Waals surface area contributed by atoms with Crippen LogP contribution in [-0.4, -0.2) is 46.6 Å². The minimum absolute atomic E-state index is 0.00438. The second-order valence-corrected chi connectivity index (χ2v) is 13.7. The van der Waals surface area contributed by atoms with Gasteiger partial charge in [0.1, 0.15) is 10.5 Å². The summed E-state index contributed by atoms with van der Waals surface area (Å²) < 4.78 is 37.6. The lowest BCUT2D eigenvalue weighted by atomic mass is 9.98. The number of fused-ring (bicyclic) bond motifs is 4. The van der Waals surface area contributed by atoms with E-state index in [1.165, 1.54) is 0 Å². The fraction of sp³-hybridized carbons (Fsp3) is 0.382. The highest BCUT2D eigenvalue weighted by Crippen LogP contribution is 2.46. The van der Waals surface area contributed by atoms with Crippen LogP contribution in [0.25, 0.3) is 22.2 Å². The summed E-state index contributed by atoms with van der Waals surface area (Å²) in [7, 11) is -4.44. The third kappa shape index (κ3) is 4.99. The summed E-state index contributed by atoms with van der Waals surface area (Å²) in [6.07, 6.45) is 10.3. The maximum atomic E-state index is 13.5. The summed E-state index contributed by atoms with van der Waals surface area (Å²) in [4.78, 5) is 25.1. The lowest BCUT2D eigenvalue weighted by Crippen LogP contribution is -2.40. The molecule has 2 aromatic heterocycles. The van der Waals surface area contributed by atoms with Crippen LogP contribution >= 0.6 is 0 Å². The minimum Gasteiger partial charge on any atom is -0.370 e. The van der Waals surface area contributed by atoms with E-state index in [-0.39, 0.29) is 22.5 Å². The number of pyridine rings is 1. The first-order valence-corrected chi connectivity index (χ1v) is 16.9. The van der Waals surface area contributed by atoms with E-state index in [2.05, 4.69) is 33.9 Å². The first-order chi connectivity index (χ1) is 21.2. The topological polar surface area (TPSA) is 117 Å². The fourth-order valence-electron chi connectivity index (χ4n) is 7.51. The Morgan fingerprint density at radius 2 is 1.84 bits per heavy atom. The molecule has 0 amide bonds. The summed E-state index contributed by atoms with van der Waals surface area (Å²) in [5, 5.41) is 4.34. The number of rotatable bonds is 7. The Bertz CT molecular complexity index is 1960. The molecule has 3 aliphatic rings. The highest BCUT2D eigenvalue weighted by molar-refractivity contribution is 7.86. The SMILES string of the molecule is C=CCc1cc2cnc(NC3CCN(c4c5c(cc(C)c4S(=O)(=O)O)-c4ccccc4C5)CC3)nc2n(C2CCCC2)c1=O. The molecule has 1 aliphatic heterocycles. The first-order valence-electron chi connectivity index (χ1n) is 15.5. The molecular formula is C34H37N5O4S. The average Bonchev–Trinajstić information content (AvgIpc) is 3.66. The molecule has 228 valence electrons. The van der Waals surface area contributed by atoms with Gasteiger partial charge in [0, 0.05) is 48.7 Å². The molecule has 2 aliphatic carbocycles. The van der Waals surface area contributed by atoms with Gasteiger partial charge in [0.05, 0.1) is 5.69 Å². The van der Waals surface area contributed by atoms with Crippen molar-refractivity contribution in [2.75, 3.05) is 23.3 Å². The van der Waals surface area contributed by atoms with Crippen molar-refractivity contribution in [3.8, 4) is 11.1 Å². The van der Waals surface area contributed by atoms with Gasteiger partial charge in [-0.15, -0.1) is 6.58 Å². The maximum Gasteiger partial charge on any atom is 0.296 e. The van der Waals surface area contributed by atoms with Gasteiger partial charge in [0.15, 0.2) is 0 Å². The van der Waals surface area contributed by atoms with E-state index in [0.717, 1.165) is 66.2 Å². The molecule has 0 bridgehead atoms. The van der Waals surface area contributed by atoms with Crippen LogP contribution in [0.5, 0.6) is 0 Å². The fourth-order valence-corrected chi connectivity index (χ4v) is 8.47. The molecule has 0 radical (unpaired) electrons. The quantitative estimate of drug-likeness (QED) is 0.174. The van der Waals surface area contributed by atoms with E-state index in [4.69, 9.17) is 4.98 Å². The molecule has 3 heterocycles. The molecule has 2 fully saturated rings. The number of anilines is 2. The normalized spacial score (nSPS) is 17.2. The van der Waals surface area contributed by atoms with Crippen molar-refractivity contribution in [2.24, 2.45) is 0 Å². The zero-order valence-corrected chi connectivity index (χ0v) is 25.7. The molecule has 2 N–H and O–H groups in total. The van der Waals surface area contributed by atoms with Crippen molar-refractivity contribution in [2.45, 2.75) is 75.3 Å². The predicted molar refractivity (Wildman–Crippen MR) is 173 cm³/mol. The minimum atomic E-state index is -4.44. The number of nitrogens with one attached hydrogen (secondary N) is 1. The Balaban J connectivity index is 1.17. The first kappa shape index (κ1) is 28.7. The van der Waals surface area contributed by atoms with Crippen LogP contribution in [0.4, 0.5) is 11.6 Å². The highest BCUT2D eigenvalue weighted by atomic mass is 32.2. The Hall–Kier alpha value is -4.02. The van der Waals surface area contributed by atoms with Gasteiger partial charge >= 0.3 is 0 Å². The van der Waals surface area contributed by atoms with E-state index in [9.17, 15) is 17.8 Å². The van der Waals surface area contributed by atoms with E-state index in [1.54, 1.807) is 19.2 Å². The smallest absolute Gasteiger partial charge is 0.296 e. The van der Waals surface area contributed by atoms with Gasteiger partial charge in [-0.2, -0.15) is 13.4 Å². The molecule has 0 atom stereocenters. The molecule has 0 unspecified atom stereocenters. The average molecular weight is 612 g/mol. The number of nitrogens with zero attached hydrogens (tertiary/aromatic N) is 4. The van der Waals surface area contributed by atoms with Crippen molar-refractivity contribution in [1.29, 1.82) is 0 Å². The van der Waals surface area contributed by atoms with Crippen LogP contribution in [0.2, 0.25) is 0 Å². The van der Waals surface area contributed by atoms with Gasteiger partial charge in [-0.05, 0) is 79.0 Å². The van der Waals surface area contributed by atoms with Crippen molar-refractivity contribution in [3.05, 3.63) is 87.9 Å². The van der Waals surface area contributed by atoms with Gasteiger partial charge in [-0.1, -0.05) is 43.2 Å². The largest absolute Gasteiger partial charge is 0.370 e. The molecule has 7 rings (SSSR count). The van der Waals surface area contributed by atoms with Crippen LogP contribution in [-0.2, 0) is 23.0 Å². The van der Waals surface area contributed by atoms with Crippen LogP contribution in [0, 0.1) is 6.92 Å². The molecule has 10 heteroatoms. The highest BCUT2D eigenvalue weighted by Gasteiger charge is 2.33. The summed E-state index contributed by atoms with van der Waals surface area (Å²) in [5.74, 6) is 0.490. The zero-order chi connectivity index (χ0) is 30.6. The molecule has 44 heavy (non-hydrogen) atoms. The molecule has 0 spiro atoms. The number of hydrogen-bond donors (Lipinski definition) is 2. The molecule has 2 aromatic carbocycles. The van der Waals surface area contributed by atoms with Gasteiger partial charge in [-0.3, -0.25) is 13.9 Å². The molecule has 1 saturated carbocycles. The lowest BCUT2D eigenvalue weighted by molar-refractivity contribution is 0.480. The monoisotopic (exact) mass is 611 g/mol. The van der Waals surface area contributed by atoms with Crippen LogP contribution in [0.15, 0.2) is 64.9 Å². The third-order valence-electron chi connectivity index (χ3n) is 9.52. The van der Waals surface area contributed by atoms with Crippen molar-refractivity contribution < 1.29 is 13.0 Å². The number of piperidine rings is 1. The van der Waals surface area contributed by atoms with E-state index in [1.807, 2.05) is 28.8 Å². The number of benzene rings is 2. The van der Waals surface area contributed by atoms with E-state index >= 15 is 0 Å². The number of allylic oxidation sites excluding steroid dienone is 1. The van der Waals surface area contributed by atoms with Gasteiger partial charge in [0.25, 0.3) is 15.7 Å². The molecule has 1 saturated heterocycles. The number of hydrogen-bond acceptors (Lipinski definition) is 7. The summed E-state index contributed by atoms with van der Waals surface area (Å²) in [5.41, 5.74) is 6.82. The number of aromatic nitrogens is 3. The third-order valence-corrected chi connectivity index (χ3v) is 10.6. The van der Waals surface area contributed by atoms with E-state index < -0.39 is 10.1 Å². The van der Waals surface area contributed by atoms with Crippen molar-refractivity contribution >= 4 is 32.8 Å². The van der Waals surface area contributed by atoms with Gasteiger partial charge in [0.2, 0.25) is 5.95 Å². The van der Waals surface area contributed by atoms with Crippen molar-refractivity contribution in [1.82, 2.24) is 14.5 Å². The maximum absolute atomic E-state index is 13.5. The Kier molecular flexibility index (Phi) is 7.29. The molecule has 4 aromatic rings. The second kappa shape index (κ2) is 11.2. The molecular weight excluding hydrogens is 574 g/mol. The summed E-state index contributed by atoms with van der Waals surface area (Å²) >= 11 is 0. The van der Waals surface area contributed by atoms with Crippen LogP contribution in [0.3, 0.4) is 0 Å².